The molecular formula is C23H32IN5O2. The predicted octanol–water partition coefficient (Wildman–Crippen LogP) is 3.80. The highest BCUT2D eigenvalue weighted by atomic mass is 127. The van der Waals surface area contributed by atoms with Gasteiger partial charge in [0.1, 0.15) is 11.6 Å². The molecular weight excluding hydrogens is 505 g/mol. The van der Waals surface area contributed by atoms with Crippen LogP contribution < -0.4 is 15.4 Å². The Labute approximate surface area is 201 Å². The Hall–Kier alpha value is -2.36. The number of likely N-dealkylation sites (tertiary alicyclic amines) is 1. The minimum atomic E-state index is -0.0785. The van der Waals surface area contributed by atoms with Crippen LogP contribution in [-0.4, -0.2) is 55.0 Å². The zero-order valence-corrected chi connectivity index (χ0v) is 20.8. The molecule has 1 amide bonds. The van der Waals surface area contributed by atoms with Crippen molar-refractivity contribution in [1.29, 1.82) is 0 Å². The van der Waals surface area contributed by atoms with E-state index in [2.05, 4.69) is 44.6 Å². The first kappa shape index (κ1) is 24.9. The molecule has 1 saturated heterocycles. The Morgan fingerprint density at radius 3 is 2.71 bits per heavy atom. The first-order chi connectivity index (χ1) is 14.6. The Balaban J connectivity index is 0.00000341. The van der Waals surface area contributed by atoms with Crippen molar-refractivity contribution in [3.8, 4) is 5.75 Å². The number of nitrogens with zero attached hydrogens (tertiary/aromatic N) is 3. The number of aryl methyl sites for hydroxylation is 1. The van der Waals surface area contributed by atoms with Gasteiger partial charge in [-0.15, -0.1) is 24.0 Å². The Morgan fingerprint density at radius 2 is 2.03 bits per heavy atom. The number of guanidine groups is 1. The summed E-state index contributed by atoms with van der Waals surface area (Å²) in [7, 11) is 1.68. The van der Waals surface area contributed by atoms with Crippen LogP contribution in [0.3, 0.4) is 0 Å². The summed E-state index contributed by atoms with van der Waals surface area (Å²) < 4.78 is 5.25. The van der Waals surface area contributed by atoms with E-state index < -0.39 is 0 Å². The van der Waals surface area contributed by atoms with Crippen molar-refractivity contribution in [3.63, 3.8) is 0 Å². The number of rotatable bonds is 7. The van der Waals surface area contributed by atoms with E-state index in [0.29, 0.717) is 24.7 Å². The van der Waals surface area contributed by atoms with E-state index in [-0.39, 0.29) is 29.9 Å². The second kappa shape index (κ2) is 12.5. The molecule has 31 heavy (non-hydrogen) atoms. The molecule has 7 nitrogen and oxygen atoms in total. The highest BCUT2D eigenvalue weighted by Crippen LogP contribution is 2.28. The minimum absolute atomic E-state index is 0. The van der Waals surface area contributed by atoms with Crippen molar-refractivity contribution in [3.05, 3.63) is 53.7 Å². The smallest absolute Gasteiger partial charge is 0.227 e. The minimum Gasteiger partial charge on any atom is -0.497 e. The Kier molecular flexibility index (Phi) is 10.0. The normalized spacial score (nSPS) is 15.9. The quantitative estimate of drug-likeness (QED) is 0.319. The maximum absolute atomic E-state index is 12.2. The van der Waals surface area contributed by atoms with Gasteiger partial charge in [0.05, 0.1) is 13.7 Å². The SMILES string of the molecule is CCNC(=NCCC(=O)Nc1cccc(C)n1)N1CCC(c2ccc(OC)cc2)C1.I. The largest absolute Gasteiger partial charge is 0.497 e. The van der Waals surface area contributed by atoms with Crippen molar-refractivity contribution >= 4 is 41.7 Å². The van der Waals surface area contributed by atoms with Crippen LogP contribution in [0.15, 0.2) is 47.5 Å². The molecule has 0 bridgehead atoms. The summed E-state index contributed by atoms with van der Waals surface area (Å²) in [4.78, 5) is 23.5. The van der Waals surface area contributed by atoms with Gasteiger partial charge in [-0.1, -0.05) is 18.2 Å². The number of carbonyl (C=O) groups excluding carboxylic acids is 1. The van der Waals surface area contributed by atoms with Crippen LogP contribution in [0, 0.1) is 6.92 Å². The van der Waals surface area contributed by atoms with Gasteiger partial charge in [0.15, 0.2) is 5.96 Å². The molecule has 2 aromatic rings. The molecule has 1 unspecified atom stereocenters. The summed E-state index contributed by atoms with van der Waals surface area (Å²) in [5, 5.41) is 6.19. The van der Waals surface area contributed by atoms with E-state index in [9.17, 15) is 4.79 Å². The highest BCUT2D eigenvalue weighted by molar-refractivity contribution is 14.0. The van der Waals surface area contributed by atoms with E-state index in [4.69, 9.17) is 4.74 Å². The van der Waals surface area contributed by atoms with Crippen LogP contribution in [0.25, 0.3) is 0 Å². The molecule has 1 aromatic heterocycles. The second-order valence-corrected chi connectivity index (χ2v) is 7.40. The van der Waals surface area contributed by atoms with E-state index in [0.717, 1.165) is 43.5 Å². The number of benzene rings is 1. The standard InChI is InChI=1S/C23H31N5O2.HI/c1-4-24-23(25-14-12-22(29)27-21-7-5-6-17(2)26-21)28-15-13-19(16-28)18-8-10-20(30-3)11-9-18;/h5-11,19H,4,12-16H2,1-3H3,(H,24,25)(H,26,27,29);1H. The van der Waals surface area contributed by atoms with Crippen molar-refractivity contribution in [2.24, 2.45) is 4.99 Å². The number of hydrogen-bond acceptors (Lipinski definition) is 4. The molecule has 2 heterocycles. The lowest BCUT2D eigenvalue weighted by Crippen LogP contribution is -2.40. The third kappa shape index (κ3) is 7.37. The number of aliphatic imine (C=N–C) groups is 1. The summed E-state index contributed by atoms with van der Waals surface area (Å²) in [5.74, 6) is 2.72. The molecule has 1 aliphatic heterocycles. The molecule has 1 fully saturated rings. The molecule has 3 rings (SSSR count). The van der Waals surface area contributed by atoms with Gasteiger partial charge in [0, 0.05) is 37.7 Å². The Morgan fingerprint density at radius 1 is 1.26 bits per heavy atom. The predicted molar refractivity (Wildman–Crippen MR) is 136 cm³/mol. The number of pyridine rings is 1. The molecule has 8 heteroatoms. The van der Waals surface area contributed by atoms with Gasteiger partial charge in [-0.3, -0.25) is 9.79 Å². The summed E-state index contributed by atoms with van der Waals surface area (Å²) in [6, 6.07) is 13.9. The number of aromatic nitrogens is 1. The molecule has 0 saturated carbocycles. The number of hydrogen-bond donors (Lipinski definition) is 2. The fourth-order valence-corrected chi connectivity index (χ4v) is 3.61. The van der Waals surface area contributed by atoms with Crippen molar-refractivity contribution in [2.75, 3.05) is 38.6 Å². The monoisotopic (exact) mass is 537 g/mol. The van der Waals surface area contributed by atoms with E-state index in [1.165, 1.54) is 5.56 Å². The summed E-state index contributed by atoms with van der Waals surface area (Å²) in [6.45, 7) is 7.05. The first-order valence-electron chi connectivity index (χ1n) is 10.5. The molecule has 1 atom stereocenters. The lowest BCUT2D eigenvalue weighted by atomic mass is 9.98. The Bertz CT molecular complexity index is 873. The van der Waals surface area contributed by atoms with E-state index in [1.807, 2.05) is 31.2 Å². The summed E-state index contributed by atoms with van der Waals surface area (Å²) >= 11 is 0. The van der Waals surface area contributed by atoms with Gasteiger partial charge >= 0.3 is 0 Å². The van der Waals surface area contributed by atoms with Gasteiger partial charge in [-0.05, 0) is 50.1 Å². The molecule has 2 N–H and O–H groups in total. The molecule has 0 spiro atoms. The van der Waals surface area contributed by atoms with Crippen LogP contribution in [-0.2, 0) is 4.79 Å². The highest BCUT2D eigenvalue weighted by Gasteiger charge is 2.26. The molecule has 1 aromatic carbocycles. The number of ether oxygens (including phenoxy) is 1. The molecule has 0 aliphatic carbocycles. The average molecular weight is 537 g/mol. The van der Waals surface area contributed by atoms with Crippen molar-refractivity contribution < 1.29 is 9.53 Å². The van der Waals surface area contributed by atoms with Crippen LogP contribution >= 0.6 is 24.0 Å². The average Bonchev–Trinajstić information content (AvgIpc) is 3.23. The van der Waals surface area contributed by atoms with E-state index >= 15 is 0 Å². The number of anilines is 1. The zero-order valence-electron chi connectivity index (χ0n) is 18.4. The molecule has 1 aliphatic rings. The van der Waals surface area contributed by atoms with Crippen molar-refractivity contribution in [2.45, 2.75) is 32.6 Å². The summed E-state index contributed by atoms with van der Waals surface area (Å²) in [5.41, 5.74) is 2.19. The fourth-order valence-electron chi connectivity index (χ4n) is 3.61. The lowest BCUT2D eigenvalue weighted by molar-refractivity contribution is -0.116. The van der Waals surface area contributed by atoms with Gasteiger partial charge in [-0.2, -0.15) is 0 Å². The topological polar surface area (TPSA) is 78.8 Å². The fraction of sp³-hybridized carbons (Fsp3) is 0.435. The van der Waals surface area contributed by atoms with Crippen LogP contribution in [0.4, 0.5) is 5.82 Å². The summed E-state index contributed by atoms with van der Waals surface area (Å²) in [6.07, 6.45) is 1.40. The maximum Gasteiger partial charge on any atom is 0.227 e. The molecule has 0 radical (unpaired) electrons. The van der Waals surface area contributed by atoms with Gasteiger partial charge in [0.25, 0.3) is 0 Å². The number of halogens is 1. The zero-order chi connectivity index (χ0) is 21.3. The van der Waals surface area contributed by atoms with Crippen LogP contribution in [0.2, 0.25) is 0 Å². The second-order valence-electron chi connectivity index (χ2n) is 7.40. The third-order valence-electron chi connectivity index (χ3n) is 5.17. The van der Waals surface area contributed by atoms with Crippen LogP contribution in [0.1, 0.15) is 36.9 Å². The third-order valence-corrected chi connectivity index (χ3v) is 5.17. The maximum atomic E-state index is 12.2. The number of nitrogens with one attached hydrogen (secondary N) is 2. The van der Waals surface area contributed by atoms with Gasteiger partial charge in [0.2, 0.25) is 5.91 Å². The van der Waals surface area contributed by atoms with Gasteiger partial charge in [-0.25, -0.2) is 4.98 Å². The van der Waals surface area contributed by atoms with Crippen molar-refractivity contribution in [1.82, 2.24) is 15.2 Å². The number of methoxy groups -OCH3 is 1. The number of carbonyl (C=O) groups is 1. The number of amides is 1. The van der Waals surface area contributed by atoms with E-state index in [1.54, 1.807) is 13.2 Å². The molecule has 168 valence electrons. The van der Waals surface area contributed by atoms with Crippen LogP contribution in [0.5, 0.6) is 5.75 Å². The van der Waals surface area contributed by atoms with Gasteiger partial charge < -0.3 is 20.3 Å². The lowest BCUT2D eigenvalue weighted by Gasteiger charge is -2.21. The first-order valence-corrected chi connectivity index (χ1v) is 10.5.